The van der Waals surface area contributed by atoms with Crippen molar-refractivity contribution >= 4 is 37.1 Å². The second-order valence-corrected chi connectivity index (χ2v) is 13.9. The number of unbranched alkanes of at least 4 members (excludes halogenated alkanes) is 4. The van der Waals surface area contributed by atoms with Crippen molar-refractivity contribution in [3.63, 3.8) is 0 Å². The molecule has 0 rings (SSSR count). The average Bonchev–Trinajstić information content (AvgIpc) is 2.23. The van der Waals surface area contributed by atoms with Gasteiger partial charge in [0.05, 0.1) is 0 Å². The van der Waals surface area contributed by atoms with Crippen molar-refractivity contribution in [1.29, 1.82) is 0 Å². The second-order valence-electron chi connectivity index (χ2n) is 4.50. The van der Waals surface area contributed by atoms with Gasteiger partial charge in [-0.05, 0) is 23.6 Å². The molecule has 0 heterocycles. The Morgan fingerprint density at radius 1 is 0.667 bits per heavy atom. The summed E-state index contributed by atoms with van der Waals surface area (Å²) in [5, 5.41) is 3.31. The minimum Gasteiger partial charge on any atom is -0.325 e. The van der Waals surface area contributed by atoms with Crippen molar-refractivity contribution in [3.8, 4) is 0 Å². The molecule has 0 aliphatic rings. The summed E-state index contributed by atoms with van der Waals surface area (Å²) in [7, 11) is 0. The van der Waals surface area contributed by atoms with Crippen LogP contribution in [0, 0.1) is 0 Å². The van der Waals surface area contributed by atoms with Crippen LogP contribution in [0.2, 0.25) is 10.0 Å². The Bertz CT molecular complexity index is 253. The third-order valence-corrected chi connectivity index (χ3v) is 6.40. The van der Waals surface area contributed by atoms with Crippen LogP contribution in [0.25, 0.3) is 0 Å². The maximum atomic E-state index is 7.56. The minimum atomic E-state index is -3.81. The van der Waals surface area contributed by atoms with E-state index in [2.05, 4.69) is 37.5 Å². The van der Waals surface area contributed by atoms with Gasteiger partial charge in [-0.1, -0.05) is 0 Å². The summed E-state index contributed by atoms with van der Waals surface area (Å²) in [4.78, 5) is 45.3. The molecule has 0 saturated heterocycles. The van der Waals surface area contributed by atoms with Gasteiger partial charge in [-0.2, -0.15) is 0 Å². The molecule has 0 fully saturated rings. The number of rotatable bonds is 8. The topological polar surface area (TPSA) is 121 Å². The van der Waals surface area contributed by atoms with E-state index in [-0.39, 0.29) is 17.1 Å². The van der Waals surface area contributed by atoms with Gasteiger partial charge in [0.1, 0.15) is 0 Å². The van der Waals surface area contributed by atoms with Gasteiger partial charge >= 0.3 is 93.0 Å². The molecule has 11 heteroatoms. The normalized spacial score (nSPS) is 10.7. The van der Waals surface area contributed by atoms with E-state index < -0.39 is 13.4 Å². The summed E-state index contributed by atoms with van der Waals surface area (Å²) >= 11 is 7.19. The SMILES string of the molecule is CCCC[CH2][Zn][CH2]CCCC.OP(O)(O)=S.OP(O)(O)=S. The van der Waals surface area contributed by atoms with Gasteiger partial charge in [0.2, 0.25) is 0 Å². The van der Waals surface area contributed by atoms with Crippen molar-refractivity contribution in [2.75, 3.05) is 0 Å². The van der Waals surface area contributed by atoms with Gasteiger partial charge in [0.15, 0.2) is 0 Å². The van der Waals surface area contributed by atoms with Crippen LogP contribution >= 0.6 is 13.4 Å². The zero-order chi connectivity index (χ0) is 17.4. The van der Waals surface area contributed by atoms with Gasteiger partial charge in [-0.15, -0.1) is 0 Å². The van der Waals surface area contributed by atoms with Crippen LogP contribution < -0.4 is 0 Å². The van der Waals surface area contributed by atoms with E-state index in [1.165, 1.54) is 25.7 Å². The summed E-state index contributed by atoms with van der Waals surface area (Å²) in [5.74, 6) is 0. The molecule has 0 unspecified atom stereocenters. The predicted molar refractivity (Wildman–Crippen MR) is 90.5 cm³/mol. The molecule has 0 atom stereocenters. The number of hydrogen-bond donors (Lipinski definition) is 6. The summed E-state index contributed by atoms with van der Waals surface area (Å²) in [6.45, 7) is -3.02. The van der Waals surface area contributed by atoms with E-state index in [1.54, 1.807) is 22.9 Å². The van der Waals surface area contributed by atoms with Gasteiger partial charge in [0.25, 0.3) is 0 Å². The van der Waals surface area contributed by atoms with E-state index >= 15 is 0 Å². The first kappa shape index (κ1) is 27.5. The van der Waals surface area contributed by atoms with Crippen LogP contribution in [-0.4, -0.2) is 29.4 Å². The summed E-state index contributed by atoms with van der Waals surface area (Å²) in [5.41, 5.74) is 0. The number of hydrogen-bond acceptors (Lipinski definition) is 2. The molecule has 0 saturated carbocycles. The van der Waals surface area contributed by atoms with Crippen LogP contribution in [-0.2, 0) is 40.7 Å². The van der Waals surface area contributed by atoms with Crippen molar-refractivity contribution in [2.24, 2.45) is 0 Å². The fourth-order valence-corrected chi connectivity index (χ4v) is 5.09. The van der Waals surface area contributed by atoms with E-state index in [4.69, 9.17) is 29.4 Å². The maximum absolute atomic E-state index is 7.56. The Morgan fingerprint density at radius 3 is 1.10 bits per heavy atom. The molecule has 0 amide bonds. The molecule has 0 radical (unpaired) electrons. The minimum absolute atomic E-state index is 0.0149. The Hall–Kier alpha value is 1.68. The van der Waals surface area contributed by atoms with E-state index in [0.717, 1.165) is 0 Å². The van der Waals surface area contributed by atoms with E-state index in [1.807, 2.05) is 0 Å². The Morgan fingerprint density at radius 2 is 0.905 bits per heavy atom. The smallest absolute Gasteiger partial charge is 0.319 e. The van der Waals surface area contributed by atoms with Crippen LogP contribution in [0.4, 0.5) is 0 Å². The van der Waals surface area contributed by atoms with Gasteiger partial charge in [-0.3, -0.25) is 0 Å². The van der Waals surface area contributed by atoms with Crippen molar-refractivity contribution in [2.45, 2.75) is 62.4 Å². The maximum Gasteiger partial charge on any atom is 0.319 e. The van der Waals surface area contributed by atoms with Crippen LogP contribution in [0.5, 0.6) is 0 Å². The molecular formula is C10H28O6P2S2Zn. The molecule has 0 aromatic carbocycles. The zero-order valence-electron chi connectivity index (χ0n) is 12.8. The van der Waals surface area contributed by atoms with Gasteiger partial charge < -0.3 is 29.4 Å². The Kier molecular flexibility index (Phi) is 23.6. The Balaban J connectivity index is -0.000000270. The largest absolute Gasteiger partial charge is 0.325 e. The quantitative estimate of drug-likeness (QED) is 0.195. The first-order chi connectivity index (χ1) is 9.41. The zero-order valence-corrected chi connectivity index (χ0v) is 19.1. The van der Waals surface area contributed by atoms with Gasteiger partial charge in [0, 0.05) is 0 Å². The molecule has 0 spiro atoms. The van der Waals surface area contributed by atoms with Crippen molar-refractivity contribution < 1.29 is 46.5 Å². The summed E-state index contributed by atoms with van der Waals surface area (Å²) in [6, 6.07) is 0. The fourth-order valence-electron chi connectivity index (χ4n) is 1.38. The summed E-state index contributed by atoms with van der Waals surface area (Å²) < 4.78 is 0. The molecule has 0 aliphatic heterocycles. The molecule has 6 nitrogen and oxygen atoms in total. The fraction of sp³-hybridized carbons (Fsp3) is 1.00. The van der Waals surface area contributed by atoms with Crippen LogP contribution in [0.15, 0.2) is 0 Å². The van der Waals surface area contributed by atoms with Crippen LogP contribution in [0.1, 0.15) is 52.4 Å². The van der Waals surface area contributed by atoms with Gasteiger partial charge in [-0.25, -0.2) is 0 Å². The van der Waals surface area contributed by atoms with Crippen molar-refractivity contribution in [3.05, 3.63) is 0 Å². The average molecular weight is 436 g/mol. The Labute approximate surface area is 145 Å². The molecule has 21 heavy (non-hydrogen) atoms. The van der Waals surface area contributed by atoms with E-state index in [0.29, 0.717) is 0 Å². The molecule has 0 aliphatic carbocycles. The molecule has 0 aromatic rings. The molecule has 0 aromatic heterocycles. The monoisotopic (exact) mass is 434 g/mol. The van der Waals surface area contributed by atoms with E-state index in [9.17, 15) is 0 Å². The first-order valence-corrected chi connectivity index (χ1v) is 16.5. The first-order valence-electron chi connectivity index (χ1n) is 6.98. The van der Waals surface area contributed by atoms with Crippen molar-refractivity contribution in [1.82, 2.24) is 0 Å². The third kappa shape index (κ3) is 89.6. The third-order valence-electron chi connectivity index (χ3n) is 2.21. The summed E-state index contributed by atoms with van der Waals surface area (Å²) in [6.07, 6.45) is 8.86. The standard InChI is InChI=1S/2C5H11.2H3O3PS.Zn/c2*1-3-5-4-2;2*1-4(2,3)5;/h2*1,3-5H2,2H3;2*(H3,1,2,3,5);. The molecule has 128 valence electrons. The predicted octanol–water partition coefficient (Wildman–Crippen LogP) is 2.66. The van der Waals surface area contributed by atoms with Crippen LogP contribution in [0.3, 0.4) is 0 Å². The molecule has 0 bridgehead atoms. The molecule has 6 N–H and O–H groups in total. The second kappa shape index (κ2) is 18.0. The molecular weight excluding hydrogens is 408 g/mol.